The summed E-state index contributed by atoms with van der Waals surface area (Å²) in [7, 11) is 1.75. The molecule has 0 bridgehead atoms. The molecule has 4 heteroatoms. The molecule has 0 saturated heterocycles. The van der Waals surface area contributed by atoms with Gasteiger partial charge < -0.3 is 4.90 Å². The lowest BCUT2D eigenvalue weighted by Crippen LogP contribution is -2.26. The number of halogens is 2. The summed E-state index contributed by atoms with van der Waals surface area (Å²) in [4.78, 5) is 14.1. The first kappa shape index (κ1) is 14.9. The minimum absolute atomic E-state index is 0.117. The van der Waals surface area contributed by atoms with E-state index in [4.69, 9.17) is 23.2 Å². The third-order valence-electron chi connectivity index (χ3n) is 3.06. The summed E-state index contributed by atoms with van der Waals surface area (Å²) < 4.78 is 0. The Hall–Kier alpha value is -1.51. The van der Waals surface area contributed by atoms with Crippen LogP contribution in [0.1, 0.15) is 21.5 Å². The minimum Gasteiger partial charge on any atom is -0.311 e. The molecule has 1 amide bonds. The van der Waals surface area contributed by atoms with Crippen LogP contribution in [0.15, 0.2) is 36.4 Å². The third-order valence-corrected chi connectivity index (χ3v) is 3.80. The lowest BCUT2D eigenvalue weighted by molar-refractivity contribution is 0.0993. The number of anilines is 1. The molecule has 0 spiro atoms. The number of carbonyl (C=O) groups excluding carboxylic acids is 1. The van der Waals surface area contributed by atoms with Crippen LogP contribution in [0.4, 0.5) is 5.69 Å². The zero-order valence-electron chi connectivity index (χ0n) is 11.6. The quantitative estimate of drug-likeness (QED) is 0.773. The molecule has 104 valence electrons. The molecule has 2 aromatic rings. The van der Waals surface area contributed by atoms with Gasteiger partial charge in [-0.2, -0.15) is 0 Å². The molecule has 20 heavy (non-hydrogen) atoms. The number of hydrogen-bond donors (Lipinski definition) is 0. The largest absolute Gasteiger partial charge is 0.311 e. The van der Waals surface area contributed by atoms with Crippen LogP contribution in [0.5, 0.6) is 0 Å². The van der Waals surface area contributed by atoms with Gasteiger partial charge in [-0.05, 0) is 55.3 Å². The van der Waals surface area contributed by atoms with Crippen LogP contribution >= 0.6 is 23.2 Å². The van der Waals surface area contributed by atoms with Crippen LogP contribution in [-0.2, 0) is 0 Å². The van der Waals surface area contributed by atoms with Crippen molar-refractivity contribution in [2.45, 2.75) is 13.8 Å². The van der Waals surface area contributed by atoms with Gasteiger partial charge in [0.05, 0.1) is 10.0 Å². The van der Waals surface area contributed by atoms with E-state index in [0.29, 0.717) is 15.6 Å². The maximum Gasteiger partial charge on any atom is 0.258 e. The van der Waals surface area contributed by atoms with Crippen molar-refractivity contribution in [2.24, 2.45) is 0 Å². The van der Waals surface area contributed by atoms with Gasteiger partial charge in [0.25, 0.3) is 5.91 Å². The smallest absolute Gasteiger partial charge is 0.258 e. The summed E-state index contributed by atoms with van der Waals surface area (Å²) >= 11 is 11.8. The molecule has 0 aliphatic heterocycles. The van der Waals surface area contributed by atoms with Crippen molar-refractivity contribution in [2.75, 3.05) is 11.9 Å². The summed E-state index contributed by atoms with van der Waals surface area (Å²) in [6, 6.07) is 10.9. The lowest BCUT2D eigenvalue weighted by atomic mass is 10.1. The fourth-order valence-corrected chi connectivity index (χ4v) is 2.38. The van der Waals surface area contributed by atoms with Crippen LogP contribution in [0.3, 0.4) is 0 Å². The first-order valence-electron chi connectivity index (χ1n) is 6.20. The van der Waals surface area contributed by atoms with Crippen molar-refractivity contribution in [3.8, 4) is 0 Å². The van der Waals surface area contributed by atoms with E-state index in [1.807, 2.05) is 26.0 Å². The van der Waals surface area contributed by atoms with E-state index in [-0.39, 0.29) is 5.91 Å². The number of rotatable bonds is 2. The first-order valence-corrected chi connectivity index (χ1v) is 6.95. The van der Waals surface area contributed by atoms with Crippen LogP contribution in [-0.4, -0.2) is 13.0 Å². The summed E-state index contributed by atoms with van der Waals surface area (Å²) in [6.07, 6.45) is 0. The number of carbonyl (C=O) groups is 1. The molecule has 0 saturated carbocycles. The zero-order valence-corrected chi connectivity index (χ0v) is 13.1. The van der Waals surface area contributed by atoms with E-state index in [0.717, 1.165) is 16.8 Å². The Bertz CT molecular complexity index is 647. The summed E-state index contributed by atoms with van der Waals surface area (Å²) in [5, 5.41) is 0.823. The topological polar surface area (TPSA) is 20.3 Å². The van der Waals surface area contributed by atoms with Crippen molar-refractivity contribution >= 4 is 34.8 Å². The number of amides is 1. The average molecular weight is 308 g/mol. The maximum atomic E-state index is 12.5. The average Bonchev–Trinajstić information content (AvgIpc) is 2.39. The van der Waals surface area contributed by atoms with Gasteiger partial charge in [-0.15, -0.1) is 0 Å². The fraction of sp³-hybridized carbons (Fsp3) is 0.188. The second-order valence-electron chi connectivity index (χ2n) is 4.84. The Labute approximate surface area is 128 Å². The van der Waals surface area contributed by atoms with E-state index in [9.17, 15) is 4.79 Å². The molecule has 0 N–H and O–H groups in total. The fourth-order valence-electron chi connectivity index (χ4n) is 2.08. The molecule has 2 nitrogen and oxygen atoms in total. The Balaban J connectivity index is 2.34. The Morgan fingerprint density at radius 1 is 0.950 bits per heavy atom. The van der Waals surface area contributed by atoms with Gasteiger partial charge in [-0.25, -0.2) is 0 Å². The van der Waals surface area contributed by atoms with E-state index in [1.165, 1.54) is 0 Å². The number of hydrogen-bond acceptors (Lipinski definition) is 1. The third kappa shape index (κ3) is 3.14. The minimum atomic E-state index is -0.117. The monoisotopic (exact) mass is 307 g/mol. The standard InChI is InChI=1S/C16H15Cl2NO/c1-10-6-11(2)8-13(7-10)19(3)16(20)12-4-5-14(17)15(18)9-12/h4-9H,1-3H3. The van der Waals surface area contributed by atoms with Crippen molar-refractivity contribution < 1.29 is 4.79 Å². The summed E-state index contributed by atoms with van der Waals surface area (Å²) in [5.41, 5.74) is 3.61. The van der Waals surface area contributed by atoms with Gasteiger partial charge in [0, 0.05) is 18.3 Å². The number of nitrogens with zero attached hydrogens (tertiary/aromatic N) is 1. The first-order chi connectivity index (χ1) is 9.38. The molecule has 0 atom stereocenters. The van der Waals surface area contributed by atoms with Gasteiger partial charge in [0.2, 0.25) is 0 Å². The second-order valence-corrected chi connectivity index (χ2v) is 5.65. The molecule has 0 aliphatic carbocycles. The normalized spacial score (nSPS) is 10.4. The lowest BCUT2D eigenvalue weighted by Gasteiger charge is -2.19. The molecule has 0 unspecified atom stereocenters. The highest BCUT2D eigenvalue weighted by atomic mass is 35.5. The highest BCUT2D eigenvalue weighted by Gasteiger charge is 2.15. The van der Waals surface area contributed by atoms with Crippen LogP contribution in [0.25, 0.3) is 0 Å². The molecule has 0 aromatic heterocycles. The Kier molecular flexibility index (Phi) is 4.36. The van der Waals surface area contributed by atoms with Crippen molar-refractivity contribution in [1.82, 2.24) is 0 Å². The Morgan fingerprint density at radius 2 is 1.55 bits per heavy atom. The van der Waals surface area contributed by atoms with Gasteiger partial charge in [0.15, 0.2) is 0 Å². The number of benzene rings is 2. The highest BCUT2D eigenvalue weighted by Crippen LogP contribution is 2.25. The highest BCUT2D eigenvalue weighted by molar-refractivity contribution is 6.42. The molecular weight excluding hydrogens is 293 g/mol. The van der Waals surface area contributed by atoms with Gasteiger partial charge in [0.1, 0.15) is 0 Å². The van der Waals surface area contributed by atoms with Crippen LogP contribution < -0.4 is 4.90 Å². The molecule has 2 rings (SSSR count). The molecule has 2 aromatic carbocycles. The van der Waals surface area contributed by atoms with Crippen LogP contribution in [0, 0.1) is 13.8 Å². The van der Waals surface area contributed by atoms with Crippen molar-refractivity contribution in [1.29, 1.82) is 0 Å². The van der Waals surface area contributed by atoms with Gasteiger partial charge in [-0.3, -0.25) is 4.79 Å². The zero-order chi connectivity index (χ0) is 14.9. The predicted molar refractivity (Wildman–Crippen MR) is 85.1 cm³/mol. The van der Waals surface area contributed by atoms with Gasteiger partial charge >= 0.3 is 0 Å². The van der Waals surface area contributed by atoms with E-state index < -0.39 is 0 Å². The van der Waals surface area contributed by atoms with E-state index >= 15 is 0 Å². The van der Waals surface area contributed by atoms with Crippen molar-refractivity contribution in [3.63, 3.8) is 0 Å². The Morgan fingerprint density at radius 3 is 2.10 bits per heavy atom. The maximum absolute atomic E-state index is 12.5. The van der Waals surface area contributed by atoms with Gasteiger partial charge in [-0.1, -0.05) is 29.3 Å². The SMILES string of the molecule is Cc1cc(C)cc(N(C)C(=O)c2ccc(Cl)c(Cl)c2)c1. The van der Waals surface area contributed by atoms with Crippen LogP contribution in [0.2, 0.25) is 10.0 Å². The number of aryl methyl sites for hydroxylation is 2. The predicted octanol–water partition coefficient (Wildman–Crippen LogP) is 4.89. The van der Waals surface area contributed by atoms with E-state index in [1.54, 1.807) is 30.1 Å². The van der Waals surface area contributed by atoms with E-state index in [2.05, 4.69) is 6.07 Å². The summed E-state index contributed by atoms with van der Waals surface area (Å²) in [6.45, 7) is 4.02. The molecular formula is C16H15Cl2NO. The molecule has 0 heterocycles. The van der Waals surface area contributed by atoms with Crippen molar-refractivity contribution in [3.05, 3.63) is 63.1 Å². The molecule has 0 radical (unpaired) electrons. The molecule has 0 aliphatic rings. The summed E-state index contributed by atoms with van der Waals surface area (Å²) in [5.74, 6) is -0.117. The molecule has 0 fully saturated rings. The second kappa shape index (κ2) is 5.86.